The molecule has 0 fully saturated rings. The first-order valence-electron chi connectivity index (χ1n) is 9.84. The van der Waals surface area contributed by atoms with E-state index in [9.17, 15) is 22.8 Å². The number of aliphatic hydroxyl groups is 1. The van der Waals surface area contributed by atoms with Gasteiger partial charge in [0.15, 0.2) is 5.69 Å². The van der Waals surface area contributed by atoms with Gasteiger partial charge in [0.2, 0.25) is 5.91 Å². The summed E-state index contributed by atoms with van der Waals surface area (Å²) < 4.78 is 41.1. The van der Waals surface area contributed by atoms with Crippen molar-refractivity contribution in [1.82, 2.24) is 15.1 Å². The zero-order valence-corrected chi connectivity index (χ0v) is 17.7. The van der Waals surface area contributed by atoms with Gasteiger partial charge in [0.25, 0.3) is 5.91 Å². The first-order valence-corrected chi connectivity index (χ1v) is 10.7. The third-order valence-corrected chi connectivity index (χ3v) is 6.27. The lowest BCUT2D eigenvalue weighted by molar-refractivity contribution is -0.142. The monoisotopic (exact) mass is 459 g/mol. The summed E-state index contributed by atoms with van der Waals surface area (Å²) in [5.41, 5.74) is 5.42. The summed E-state index contributed by atoms with van der Waals surface area (Å²) in [4.78, 5) is 25.5. The van der Waals surface area contributed by atoms with Gasteiger partial charge in [0.1, 0.15) is 11.5 Å². The van der Waals surface area contributed by atoms with E-state index < -0.39 is 36.3 Å². The zero-order chi connectivity index (χ0) is 22.8. The van der Waals surface area contributed by atoms with Crippen LogP contribution in [0.2, 0.25) is 0 Å². The van der Waals surface area contributed by atoms with Crippen molar-refractivity contribution in [2.24, 2.45) is 5.73 Å². The predicted octanol–water partition coefficient (Wildman–Crippen LogP) is 2.22. The minimum absolute atomic E-state index is 0.114. The van der Waals surface area contributed by atoms with E-state index in [0.29, 0.717) is 11.4 Å². The van der Waals surface area contributed by atoms with E-state index in [1.807, 2.05) is 0 Å². The number of nitrogens with two attached hydrogens (primary N) is 1. The molecule has 2 aromatic heterocycles. The van der Waals surface area contributed by atoms with Crippen LogP contribution in [0.4, 0.5) is 18.2 Å². The number of amides is 2. The number of fused-ring (bicyclic) bond motifs is 1. The van der Waals surface area contributed by atoms with E-state index in [0.717, 1.165) is 40.6 Å². The number of anilines is 1. The number of primary amides is 1. The molecule has 170 valence electrons. The topological polar surface area (TPSA) is 122 Å². The number of carbonyl (C=O) groups excluding carboxylic acids is 2. The standard InChI is InChI=1S/C19H24F3N5O3S/c1-10(24-6-7-28)12-8-27(26-16(12)19(20,21)22)9-14(29)25-18-15(17(23)30)11-4-2-3-5-13(11)31-18/h8,10,24,28H,2-7,9H2,1H3,(H2,23,30)(H,25,29). The third-order valence-electron chi connectivity index (χ3n) is 5.06. The molecule has 8 nitrogen and oxygen atoms in total. The second-order valence-electron chi connectivity index (χ2n) is 7.36. The van der Waals surface area contributed by atoms with Crippen LogP contribution in [0.5, 0.6) is 0 Å². The molecule has 1 unspecified atom stereocenters. The molecule has 1 aliphatic carbocycles. The van der Waals surface area contributed by atoms with Crippen molar-refractivity contribution in [3.8, 4) is 0 Å². The molecule has 1 atom stereocenters. The molecule has 1 aliphatic rings. The molecular formula is C19H24F3N5O3S. The first-order chi connectivity index (χ1) is 14.6. The van der Waals surface area contributed by atoms with E-state index in [2.05, 4.69) is 15.7 Å². The molecule has 31 heavy (non-hydrogen) atoms. The normalized spacial score (nSPS) is 14.9. The molecule has 0 radical (unpaired) electrons. The highest BCUT2D eigenvalue weighted by molar-refractivity contribution is 7.17. The Bertz CT molecular complexity index is 970. The second kappa shape index (κ2) is 9.37. The van der Waals surface area contributed by atoms with E-state index in [1.54, 1.807) is 0 Å². The lowest BCUT2D eigenvalue weighted by Gasteiger charge is -2.13. The van der Waals surface area contributed by atoms with Gasteiger partial charge in [-0.15, -0.1) is 11.3 Å². The van der Waals surface area contributed by atoms with Crippen molar-refractivity contribution >= 4 is 28.2 Å². The summed E-state index contributed by atoms with van der Waals surface area (Å²) in [6.07, 6.45) is -0.124. The molecule has 0 aromatic carbocycles. The Morgan fingerprint density at radius 3 is 2.71 bits per heavy atom. The molecule has 0 bridgehead atoms. The smallest absolute Gasteiger partial charge is 0.395 e. The lowest BCUT2D eigenvalue weighted by atomic mass is 9.95. The van der Waals surface area contributed by atoms with Crippen LogP contribution in [0.15, 0.2) is 6.20 Å². The highest BCUT2D eigenvalue weighted by Gasteiger charge is 2.38. The summed E-state index contributed by atoms with van der Waals surface area (Å²) in [6, 6.07) is -0.730. The van der Waals surface area contributed by atoms with Gasteiger partial charge >= 0.3 is 6.18 Å². The van der Waals surface area contributed by atoms with Gasteiger partial charge in [-0.1, -0.05) is 0 Å². The number of aliphatic hydroxyl groups excluding tert-OH is 1. The number of nitrogens with zero attached hydrogens (tertiary/aromatic N) is 2. The van der Waals surface area contributed by atoms with Crippen molar-refractivity contribution in [3.63, 3.8) is 0 Å². The van der Waals surface area contributed by atoms with Crippen LogP contribution in [0.25, 0.3) is 0 Å². The number of hydrogen-bond donors (Lipinski definition) is 4. The molecule has 2 amide bonds. The number of hydrogen-bond acceptors (Lipinski definition) is 6. The molecule has 0 saturated heterocycles. The van der Waals surface area contributed by atoms with Crippen LogP contribution in [-0.2, 0) is 30.4 Å². The number of aromatic nitrogens is 2. The number of rotatable bonds is 8. The zero-order valence-electron chi connectivity index (χ0n) is 16.9. The number of halogens is 3. The van der Waals surface area contributed by atoms with Gasteiger partial charge in [0, 0.05) is 29.2 Å². The molecule has 3 rings (SSSR count). The van der Waals surface area contributed by atoms with Crippen molar-refractivity contribution < 1.29 is 27.9 Å². The fraction of sp³-hybridized carbons (Fsp3) is 0.526. The average molecular weight is 459 g/mol. The van der Waals surface area contributed by atoms with Gasteiger partial charge in [-0.2, -0.15) is 18.3 Å². The first kappa shape index (κ1) is 23.2. The van der Waals surface area contributed by atoms with E-state index in [1.165, 1.54) is 18.3 Å². The summed E-state index contributed by atoms with van der Waals surface area (Å²) in [7, 11) is 0. The highest BCUT2D eigenvalue weighted by atomic mass is 32.1. The Labute approximate surface area is 180 Å². The molecule has 5 N–H and O–H groups in total. The van der Waals surface area contributed by atoms with Gasteiger partial charge in [-0.25, -0.2) is 0 Å². The maximum atomic E-state index is 13.4. The van der Waals surface area contributed by atoms with Crippen LogP contribution < -0.4 is 16.4 Å². The van der Waals surface area contributed by atoms with Crippen LogP contribution in [0, 0.1) is 0 Å². The third kappa shape index (κ3) is 5.25. The van der Waals surface area contributed by atoms with Crippen molar-refractivity contribution in [2.45, 2.75) is 51.4 Å². The minimum atomic E-state index is -4.70. The molecule has 2 heterocycles. The largest absolute Gasteiger partial charge is 0.435 e. The molecule has 12 heteroatoms. The average Bonchev–Trinajstić information content (AvgIpc) is 3.26. The van der Waals surface area contributed by atoms with Gasteiger partial charge in [-0.05, 0) is 38.2 Å². The Morgan fingerprint density at radius 2 is 2.06 bits per heavy atom. The van der Waals surface area contributed by atoms with E-state index >= 15 is 0 Å². The summed E-state index contributed by atoms with van der Waals surface area (Å²) in [5, 5.41) is 18.1. The molecule has 0 aliphatic heterocycles. The van der Waals surface area contributed by atoms with Gasteiger partial charge in [0.05, 0.1) is 12.2 Å². The fourth-order valence-corrected chi connectivity index (χ4v) is 4.98. The maximum absolute atomic E-state index is 13.4. The maximum Gasteiger partial charge on any atom is 0.435 e. The molecule has 0 spiro atoms. The minimum Gasteiger partial charge on any atom is -0.395 e. The fourth-order valence-electron chi connectivity index (χ4n) is 3.67. The Hall–Kier alpha value is -2.44. The Kier molecular flexibility index (Phi) is 7.02. The molecule has 2 aromatic rings. The van der Waals surface area contributed by atoms with Crippen LogP contribution in [-0.4, -0.2) is 39.9 Å². The molecule has 0 saturated carbocycles. The molecular weight excluding hydrogens is 435 g/mol. The predicted molar refractivity (Wildman–Crippen MR) is 109 cm³/mol. The van der Waals surface area contributed by atoms with Crippen LogP contribution >= 0.6 is 11.3 Å². The van der Waals surface area contributed by atoms with Crippen LogP contribution in [0.1, 0.15) is 57.9 Å². The quantitative estimate of drug-likeness (QED) is 0.482. The van der Waals surface area contributed by atoms with Gasteiger partial charge < -0.3 is 21.5 Å². The number of alkyl halides is 3. The summed E-state index contributed by atoms with van der Waals surface area (Å²) in [6.45, 7) is 0.941. The number of carbonyl (C=O) groups is 2. The second-order valence-corrected chi connectivity index (χ2v) is 8.46. The van der Waals surface area contributed by atoms with E-state index in [4.69, 9.17) is 10.8 Å². The van der Waals surface area contributed by atoms with Crippen molar-refractivity contribution in [1.29, 1.82) is 0 Å². The Morgan fingerprint density at radius 1 is 1.35 bits per heavy atom. The van der Waals surface area contributed by atoms with Crippen molar-refractivity contribution in [3.05, 3.63) is 33.5 Å². The lowest BCUT2D eigenvalue weighted by Crippen LogP contribution is -2.24. The SMILES string of the molecule is CC(NCCO)c1cn(CC(=O)Nc2sc3c(c2C(N)=O)CCCC3)nc1C(F)(F)F. The van der Waals surface area contributed by atoms with Gasteiger partial charge in [-0.3, -0.25) is 14.3 Å². The number of nitrogens with one attached hydrogen (secondary N) is 2. The summed E-state index contributed by atoms with van der Waals surface area (Å²) >= 11 is 1.28. The van der Waals surface area contributed by atoms with Crippen molar-refractivity contribution in [2.75, 3.05) is 18.5 Å². The van der Waals surface area contributed by atoms with E-state index in [-0.39, 0.29) is 24.3 Å². The number of thiophene rings is 1. The number of aryl methyl sites for hydroxylation is 1. The Balaban J connectivity index is 1.80. The summed E-state index contributed by atoms with van der Waals surface area (Å²) in [5.74, 6) is -1.25. The van der Waals surface area contributed by atoms with Crippen LogP contribution in [0.3, 0.4) is 0 Å². The highest BCUT2D eigenvalue weighted by Crippen LogP contribution is 2.38.